The summed E-state index contributed by atoms with van der Waals surface area (Å²) in [5.41, 5.74) is 0.780. The van der Waals surface area contributed by atoms with Crippen LogP contribution in [-0.4, -0.2) is 25.0 Å². The highest BCUT2D eigenvalue weighted by atomic mass is 16.5. The fourth-order valence-electron chi connectivity index (χ4n) is 3.38. The summed E-state index contributed by atoms with van der Waals surface area (Å²) < 4.78 is 5.94. The summed E-state index contributed by atoms with van der Waals surface area (Å²) in [6.45, 7) is 12.4. The Bertz CT molecular complexity index is 691. The molecule has 5 heteroatoms. The quantitative estimate of drug-likeness (QED) is 0.668. The zero-order chi connectivity index (χ0) is 20.0. The molecule has 0 saturated carbocycles. The summed E-state index contributed by atoms with van der Waals surface area (Å²) in [6, 6.07) is 5.48. The summed E-state index contributed by atoms with van der Waals surface area (Å²) in [5.74, 6) is 0.684. The Morgan fingerprint density at radius 2 is 2.00 bits per heavy atom. The molecule has 1 aromatic carbocycles. The molecule has 0 bridgehead atoms. The standard InChI is InChI=1S/C22H32N2O3/c1-6-9-16(10-7-2)20(25)23-17-11-12-18-19(14-17)27-15-22(4,5)21(26)24(18)13-8-3/h8,11-12,14,16H,3,6-7,9-10,13,15H2,1-2,4-5H3,(H,23,25). The smallest absolute Gasteiger partial charge is 0.236 e. The Labute approximate surface area is 162 Å². The Balaban J connectivity index is 2.27. The van der Waals surface area contributed by atoms with Gasteiger partial charge >= 0.3 is 0 Å². The van der Waals surface area contributed by atoms with Crippen LogP contribution < -0.4 is 15.0 Å². The number of nitrogens with one attached hydrogen (secondary N) is 1. The van der Waals surface area contributed by atoms with Gasteiger partial charge in [-0.25, -0.2) is 0 Å². The number of rotatable bonds is 8. The topological polar surface area (TPSA) is 58.6 Å². The maximum atomic E-state index is 12.8. The summed E-state index contributed by atoms with van der Waals surface area (Å²) in [6.07, 6.45) is 5.45. The van der Waals surface area contributed by atoms with E-state index in [0.717, 1.165) is 25.7 Å². The number of carbonyl (C=O) groups is 2. The Hall–Kier alpha value is -2.30. The molecule has 148 valence electrons. The van der Waals surface area contributed by atoms with Crippen LogP contribution in [0.3, 0.4) is 0 Å². The summed E-state index contributed by atoms with van der Waals surface area (Å²) in [7, 11) is 0. The van der Waals surface area contributed by atoms with Gasteiger partial charge in [0.15, 0.2) is 0 Å². The van der Waals surface area contributed by atoms with Gasteiger partial charge in [0.1, 0.15) is 12.4 Å². The number of fused-ring (bicyclic) bond motifs is 1. The average Bonchev–Trinajstić information content (AvgIpc) is 2.72. The molecule has 0 aliphatic carbocycles. The number of amides is 2. The predicted molar refractivity (Wildman–Crippen MR) is 110 cm³/mol. The van der Waals surface area contributed by atoms with Crippen LogP contribution in [0.15, 0.2) is 30.9 Å². The molecule has 0 fully saturated rings. The van der Waals surface area contributed by atoms with Crippen LogP contribution >= 0.6 is 0 Å². The van der Waals surface area contributed by atoms with Crippen molar-refractivity contribution in [2.24, 2.45) is 11.3 Å². The first-order valence-electron chi connectivity index (χ1n) is 9.84. The van der Waals surface area contributed by atoms with Crippen LogP contribution in [0.1, 0.15) is 53.4 Å². The average molecular weight is 373 g/mol. The molecule has 1 N–H and O–H groups in total. The van der Waals surface area contributed by atoms with E-state index < -0.39 is 5.41 Å². The highest BCUT2D eigenvalue weighted by molar-refractivity contribution is 6.00. The van der Waals surface area contributed by atoms with Crippen LogP contribution in [0.25, 0.3) is 0 Å². The van der Waals surface area contributed by atoms with Crippen LogP contribution in [0.2, 0.25) is 0 Å². The van der Waals surface area contributed by atoms with Gasteiger partial charge in [-0.2, -0.15) is 0 Å². The van der Waals surface area contributed by atoms with E-state index in [4.69, 9.17) is 4.74 Å². The zero-order valence-electron chi connectivity index (χ0n) is 17.0. The molecule has 5 nitrogen and oxygen atoms in total. The first-order valence-corrected chi connectivity index (χ1v) is 9.84. The lowest BCUT2D eigenvalue weighted by molar-refractivity contribution is -0.127. The van der Waals surface area contributed by atoms with E-state index in [0.29, 0.717) is 23.7 Å². The fourth-order valence-corrected chi connectivity index (χ4v) is 3.38. The largest absolute Gasteiger partial charge is 0.490 e. The SMILES string of the molecule is C=CCN1C(=O)C(C)(C)COc2cc(NC(=O)C(CCC)CCC)ccc21. The predicted octanol–water partition coefficient (Wildman–Crippen LogP) is 4.78. The third-order valence-corrected chi connectivity index (χ3v) is 4.89. The summed E-state index contributed by atoms with van der Waals surface area (Å²) >= 11 is 0. The second kappa shape index (κ2) is 9.07. The van der Waals surface area contributed by atoms with Crippen LogP contribution in [0, 0.1) is 11.3 Å². The highest BCUT2D eigenvalue weighted by Crippen LogP contribution is 2.38. The molecule has 2 rings (SSSR count). The minimum atomic E-state index is -0.626. The van der Waals surface area contributed by atoms with Crippen molar-refractivity contribution in [2.75, 3.05) is 23.4 Å². The molecule has 1 aromatic rings. The fraction of sp³-hybridized carbons (Fsp3) is 0.545. The van der Waals surface area contributed by atoms with E-state index in [1.54, 1.807) is 11.0 Å². The number of hydrogen-bond donors (Lipinski definition) is 1. The number of anilines is 2. The number of ether oxygens (including phenoxy) is 1. The lowest BCUT2D eigenvalue weighted by Crippen LogP contribution is -2.42. The van der Waals surface area contributed by atoms with Crippen LogP contribution in [0.4, 0.5) is 11.4 Å². The number of benzene rings is 1. The summed E-state index contributed by atoms with van der Waals surface area (Å²) in [5, 5.41) is 3.02. The normalized spacial score (nSPS) is 15.7. The van der Waals surface area contributed by atoms with Gasteiger partial charge < -0.3 is 15.0 Å². The summed E-state index contributed by atoms with van der Waals surface area (Å²) in [4.78, 5) is 27.2. The van der Waals surface area contributed by atoms with Crippen molar-refractivity contribution >= 4 is 23.2 Å². The minimum absolute atomic E-state index is 0.00360. The van der Waals surface area contributed by atoms with Gasteiger partial charge in [0.25, 0.3) is 0 Å². The molecule has 0 unspecified atom stereocenters. The van der Waals surface area contributed by atoms with Crippen LogP contribution in [0.5, 0.6) is 5.75 Å². The Morgan fingerprint density at radius 3 is 2.59 bits per heavy atom. The second-order valence-electron chi connectivity index (χ2n) is 7.82. The van der Waals surface area contributed by atoms with Crippen molar-refractivity contribution in [3.05, 3.63) is 30.9 Å². The van der Waals surface area contributed by atoms with Crippen LogP contribution in [-0.2, 0) is 9.59 Å². The van der Waals surface area contributed by atoms with Crippen molar-refractivity contribution in [1.82, 2.24) is 0 Å². The molecular weight excluding hydrogens is 340 g/mol. The van der Waals surface area contributed by atoms with E-state index in [9.17, 15) is 9.59 Å². The zero-order valence-corrected chi connectivity index (χ0v) is 17.0. The maximum Gasteiger partial charge on any atom is 0.236 e. The van der Waals surface area contributed by atoms with Gasteiger partial charge in [-0.05, 0) is 38.8 Å². The van der Waals surface area contributed by atoms with Gasteiger partial charge in [-0.15, -0.1) is 6.58 Å². The van der Waals surface area contributed by atoms with Gasteiger partial charge in [0, 0.05) is 24.2 Å². The van der Waals surface area contributed by atoms with Crippen molar-refractivity contribution in [2.45, 2.75) is 53.4 Å². The van der Waals surface area contributed by atoms with Gasteiger partial charge in [0.05, 0.1) is 11.1 Å². The van der Waals surface area contributed by atoms with E-state index in [1.807, 2.05) is 32.0 Å². The Kier molecular flexibility index (Phi) is 7.05. The third-order valence-electron chi connectivity index (χ3n) is 4.89. The molecule has 2 amide bonds. The number of hydrogen-bond acceptors (Lipinski definition) is 3. The van der Waals surface area contributed by atoms with Crippen molar-refractivity contribution in [3.63, 3.8) is 0 Å². The highest BCUT2D eigenvalue weighted by Gasteiger charge is 2.37. The minimum Gasteiger partial charge on any atom is -0.490 e. The van der Waals surface area contributed by atoms with E-state index in [-0.39, 0.29) is 24.3 Å². The molecule has 0 aromatic heterocycles. The van der Waals surface area contributed by atoms with Gasteiger partial charge in [0.2, 0.25) is 11.8 Å². The molecule has 1 aliphatic rings. The van der Waals surface area contributed by atoms with Gasteiger partial charge in [-0.1, -0.05) is 32.8 Å². The van der Waals surface area contributed by atoms with E-state index >= 15 is 0 Å². The Morgan fingerprint density at radius 1 is 1.33 bits per heavy atom. The molecule has 0 radical (unpaired) electrons. The monoisotopic (exact) mass is 372 g/mol. The molecule has 0 atom stereocenters. The van der Waals surface area contributed by atoms with E-state index in [2.05, 4.69) is 25.7 Å². The third kappa shape index (κ3) is 4.90. The van der Waals surface area contributed by atoms with Crippen molar-refractivity contribution in [1.29, 1.82) is 0 Å². The molecule has 0 spiro atoms. The van der Waals surface area contributed by atoms with E-state index in [1.165, 1.54) is 0 Å². The first-order chi connectivity index (χ1) is 12.8. The lowest BCUT2D eigenvalue weighted by Gasteiger charge is -2.27. The van der Waals surface area contributed by atoms with Crippen molar-refractivity contribution in [3.8, 4) is 5.75 Å². The molecule has 1 aliphatic heterocycles. The lowest BCUT2D eigenvalue weighted by atomic mass is 9.93. The maximum absolute atomic E-state index is 12.8. The van der Waals surface area contributed by atoms with Gasteiger partial charge in [-0.3, -0.25) is 9.59 Å². The van der Waals surface area contributed by atoms with Crippen molar-refractivity contribution < 1.29 is 14.3 Å². The molecule has 1 heterocycles. The molecule has 27 heavy (non-hydrogen) atoms. The first kappa shape index (κ1) is 21.0. The second-order valence-corrected chi connectivity index (χ2v) is 7.82. The number of carbonyl (C=O) groups excluding carboxylic acids is 2. The molecule has 0 saturated heterocycles. The molecular formula is C22H32N2O3. The number of nitrogens with zero attached hydrogens (tertiary/aromatic N) is 1.